The molecule has 0 aliphatic heterocycles. The lowest BCUT2D eigenvalue weighted by atomic mass is 9.90. The average Bonchev–Trinajstić information content (AvgIpc) is 2.27. The summed E-state index contributed by atoms with van der Waals surface area (Å²) < 4.78 is 5.63. The Morgan fingerprint density at radius 1 is 1.44 bits per heavy atom. The van der Waals surface area contributed by atoms with Gasteiger partial charge in [-0.2, -0.15) is 0 Å². The lowest BCUT2D eigenvalue weighted by molar-refractivity contribution is -0.121. The van der Waals surface area contributed by atoms with E-state index in [1.807, 2.05) is 6.92 Å². The van der Waals surface area contributed by atoms with Crippen LogP contribution in [0.15, 0.2) is 12.2 Å². The van der Waals surface area contributed by atoms with Gasteiger partial charge >= 0.3 is 0 Å². The summed E-state index contributed by atoms with van der Waals surface area (Å²) in [7, 11) is 0. The summed E-state index contributed by atoms with van der Waals surface area (Å²) in [6.07, 6.45) is 6.31. The average molecular weight is 225 g/mol. The normalized spacial score (nSPS) is 19.1. The standard InChI is InChI=1S/C13H23NO2/c1-10(2)13(15)14-11(3)16-9-12-7-5-4-6-8-12/h11-12H,1,4-9H2,2-3H3,(H,14,15). The molecule has 0 aromatic carbocycles. The third-order valence-corrected chi connectivity index (χ3v) is 3.03. The molecule has 0 aromatic heterocycles. The third-order valence-electron chi connectivity index (χ3n) is 3.03. The molecule has 1 unspecified atom stereocenters. The van der Waals surface area contributed by atoms with Crippen LogP contribution in [0.2, 0.25) is 0 Å². The van der Waals surface area contributed by atoms with Gasteiger partial charge in [0.05, 0.1) is 6.61 Å². The molecule has 1 rings (SSSR count). The fraction of sp³-hybridized carbons (Fsp3) is 0.769. The molecule has 0 saturated heterocycles. The zero-order valence-electron chi connectivity index (χ0n) is 10.4. The second kappa shape index (κ2) is 6.69. The zero-order valence-corrected chi connectivity index (χ0v) is 10.4. The third kappa shape index (κ3) is 4.79. The van der Waals surface area contributed by atoms with Crippen molar-refractivity contribution in [1.82, 2.24) is 5.32 Å². The summed E-state index contributed by atoms with van der Waals surface area (Å²) in [5.74, 6) is 0.550. The predicted molar refractivity (Wildman–Crippen MR) is 64.9 cm³/mol. The Hall–Kier alpha value is -0.830. The van der Waals surface area contributed by atoms with Crippen LogP contribution in [0.25, 0.3) is 0 Å². The van der Waals surface area contributed by atoms with Crippen molar-refractivity contribution in [2.45, 2.75) is 52.2 Å². The predicted octanol–water partition coefficient (Wildman–Crippen LogP) is 2.62. The summed E-state index contributed by atoms with van der Waals surface area (Å²) in [5.41, 5.74) is 0.521. The van der Waals surface area contributed by atoms with E-state index in [9.17, 15) is 4.79 Å². The van der Waals surface area contributed by atoms with Crippen molar-refractivity contribution >= 4 is 5.91 Å². The van der Waals surface area contributed by atoms with E-state index in [-0.39, 0.29) is 12.1 Å². The SMILES string of the molecule is C=C(C)C(=O)NC(C)OCC1CCCCC1. The second-order valence-corrected chi connectivity index (χ2v) is 4.73. The summed E-state index contributed by atoms with van der Waals surface area (Å²) >= 11 is 0. The lowest BCUT2D eigenvalue weighted by Gasteiger charge is -2.23. The topological polar surface area (TPSA) is 38.3 Å². The van der Waals surface area contributed by atoms with Crippen molar-refractivity contribution in [1.29, 1.82) is 0 Å². The minimum Gasteiger partial charge on any atom is -0.359 e. The first-order chi connectivity index (χ1) is 7.59. The molecule has 0 heterocycles. The number of ether oxygens (including phenoxy) is 1. The molecule has 92 valence electrons. The highest BCUT2D eigenvalue weighted by Crippen LogP contribution is 2.23. The van der Waals surface area contributed by atoms with Gasteiger partial charge in [0, 0.05) is 5.57 Å². The van der Waals surface area contributed by atoms with Crippen LogP contribution in [0, 0.1) is 5.92 Å². The minimum atomic E-state index is -0.217. The Bertz CT molecular complexity index is 244. The Morgan fingerprint density at radius 3 is 2.62 bits per heavy atom. The van der Waals surface area contributed by atoms with Crippen molar-refractivity contribution in [2.75, 3.05) is 6.61 Å². The molecule has 0 aromatic rings. The highest BCUT2D eigenvalue weighted by molar-refractivity contribution is 5.92. The number of rotatable bonds is 5. The van der Waals surface area contributed by atoms with Crippen LogP contribution >= 0.6 is 0 Å². The molecular weight excluding hydrogens is 202 g/mol. The van der Waals surface area contributed by atoms with E-state index in [1.54, 1.807) is 6.92 Å². The molecule has 0 bridgehead atoms. The highest BCUT2D eigenvalue weighted by atomic mass is 16.5. The number of amides is 1. The van der Waals surface area contributed by atoms with Crippen molar-refractivity contribution in [3.63, 3.8) is 0 Å². The molecule has 1 saturated carbocycles. The molecule has 1 N–H and O–H groups in total. The number of carbonyl (C=O) groups is 1. The number of hydrogen-bond donors (Lipinski definition) is 1. The molecule has 16 heavy (non-hydrogen) atoms. The Kier molecular flexibility index (Phi) is 5.53. The highest BCUT2D eigenvalue weighted by Gasteiger charge is 2.15. The molecule has 3 nitrogen and oxygen atoms in total. The van der Waals surface area contributed by atoms with Crippen LogP contribution in [0.5, 0.6) is 0 Å². The second-order valence-electron chi connectivity index (χ2n) is 4.73. The van der Waals surface area contributed by atoms with Gasteiger partial charge in [0.1, 0.15) is 6.23 Å². The molecule has 0 radical (unpaired) electrons. The quantitative estimate of drug-likeness (QED) is 0.577. The van der Waals surface area contributed by atoms with Crippen LogP contribution in [-0.4, -0.2) is 18.7 Å². The Labute approximate surface area is 98.2 Å². The van der Waals surface area contributed by atoms with E-state index >= 15 is 0 Å². The Morgan fingerprint density at radius 2 is 2.06 bits per heavy atom. The van der Waals surface area contributed by atoms with Gasteiger partial charge in [-0.05, 0) is 32.6 Å². The zero-order chi connectivity index (χ0) is 12.0. The Balaban J connectivity index is 2.16. The fourth-order valence-corrected chi connectivity index (χ4v) is 1.98. The summed E-state index contributed by atoms with van der Waals surface area (Å²) in [6, 6.07) is 0. The van der Waals surface area contributed by atoms with Crippen molar-refractivity contribution in [3.8, 4) is 0 Å². The van der Waals surface area contributed by atoms with Gasteiger partial charge in [0.15, 0.2) is 0 Å². The van der Waals surface area contributed by atoms with Gasteiger partial charge in [-0.1, -0.05) is 25.8 Å². The first kappa shape index (κ1) is 13.2. The fourth-order valence-electron chi connectivity index (χ4n) is 1.98. The van der Waals surface area contributed by atoms with Crippen molar-refractivity contribution in [2.24, 2.45) is 5.92 Å². The molecule has 1 atom stereocenters. The molecule has 1 aliphatic carbocycles. The van der Waals surface area contributed by atoms with E-state index in [2.05, 4.69) is 11.9 Å². The van der Waals surface area contributed by atoms with Gasteiger partial charge in [0.2, 0.25) is 5.91 Å². The number of carbonyl (C=O) groups excluding carboxylic acids is 1. The van der Waals surface area contributed by atoms with Gasteiger partial charge < -0.3 is 10.1 Å². The number of nitrogens with one attached hydrogen (secondary N) is 1. The van der Waals surface area contributed by atoms with E-state index in [0.717, 1.165) is 6.61 Å². The maximum Gasteiger partial charge on any atom is 0.248 e. The first-order valence-electron chi connectivity index (χ1n) is 6.17. The molecule has 1 fully saturated rings. The molecule has 0 spiro atoms. The van der Waals surface area contributed by atoms with Crippen LogP contribution < -0.4 is 5.32 Å². The van der Waals surface area contributed by atoms with E-state index in [1.165, 1.54) is 32.1 Å². The largest absolute Gasteiger partial charge is 0.359 e. The smallest absolute Gasteiger partial charge is 0.248 e. The summed E-state index contributed by atoms with van der Waals surface area (Å²) in [5, 5.41) is 2.76. The van der Waals surface area contributed by atoms with Crippen LogP contribution in [0.1, 0.15) is 46.0 Å². The van der Waals surface area contributed by atoms with Crippen molar-refractivity contribution < 1.29 is 9.53 Å². The molecule has 3 heteroatoms. The van der Waals surface area contributed by atoms with E-state index < -0.39 is 0 Å². The van der Waals surface area contributed by atoms with Gasteiger partial charge in [0.25, 0.3) is 0 Å². The number of hydrogen-bond acceptors (Lipinski definition) is 2. The lowest BCUT2D eigenvalue weighted by Crippen LogP contribution is -2.36. The molecule has 1 amide bonds. The maximum absolute atomic E-state index is 11.3. The maximum atomic E-state index is 11.3. The molecule has 1 aliphatic rings. The van der Waals surface area contributed by atoms with Crippen LogP contribution in [0.4, 0.5) is 0 Å². The van der Waals surface area contributed by atoms with E-state index in [4.69, 9.17) is 4.74 Å². The van der Waals surface area contributed by atoms with Gasteiger partial charge in [-0.3, -0.25) is 4.79 Å². The summed E-state index contributed by atoms with van der Waals surface area (Å²) in [6.45, 7) is 7.91. The molecular formula is C13H23NO2. The summed E-state index contributed by atoms with van der Waals surface area (Å²) in [4.78, 5) is 11.3. The minimum absolute atomic E-state index is 0.129. The van der Waals surface area contributed by atoms with Crippen molar-refractivity contribution in [3.05, 3.63) is 12.2 Å². The van der Waals surface area contributed by atoms with Crippen LogP contribution in [0.3, 0.4) is 0 Å². The first-order valence-corrected chi connectivity index (χ1v) is 6.17. The van der Waals surface area contributed by atoms with Gasteiger partial charge in [-0.15, -0.1) is 0 Å². The van der Waals surface area contributed by atoms with E-state index in [0.29, 0.717) is 11.5 Å². The van der Waals surface area contributed by atoms with Crippen LogP contribution in [-0.2, 0) is 9.53 Å². The van der Waals surface area contributed by atoms with Gasteiger partial charge in [-0.25, -0.2) is 0 Å². The monoisotopic (exact) mass is 225 g/mol.